The van der Waals surface area contributed by atoms with Gasteiger partial charge in [0.25, 0.3) is 0 Å². The number of benzene rings is 1. The minimum atomic E-state index is 0.0584. The van der Waals surface area contributed by atoms with E-state index in [0.29, 0.717) is 0 Å². The average molecular weight is 230 g/mol. The topological polar surface area (TPSA) is 41.5 Å². The second-order valence-corrected chi connectivity index (χ2v) is 4.53. The van der Waals surface area contributed by atoms with Crippen molar-refractivity contribution in [1.29, 1.82) is 0 Å². The van der Waals surface area contributed by atoms with E-state index < -0.39 is 0 Å². The van der Waals surface area contributed by atoms with Crippen LogP contribution in [0.5, 0.6) is 0 Å². The number of carbonyl (C=O) groups is 1. The Balaban J connectivity index is 2.06. The summed E-state index contributed by atoms with van der Waals surface area (Å²) in [6, 6.07) is 8.20. The number of hydrogen-bond donors (Lipinski definition) is 1. The molecule has 1 aromatic rings. The van der Waals surface area contributed by atoms with Crippen LogP contribution in [0, 0.1) is 12.8 Å². The standard InChI is InChI=1S/C14H18N2O/c1-3-13(11-6-4-10(2)5-7-11)15-16-14(17)12-8-9-12/h4-7,12H,3,8-9H2,1-2H3,(H,16,17). The van der Waals surface area contributed by atoms with Crippen molar-refractivity contribution in [2.24, 2.45) is 11.0 Å². The molecule has 0 saturated heterocycles. The van der Waals surface area contributed by atoms with Crippen LogP contribution in [-0.2, 0) is 4.79 Å². The molecule has 0 bridgehead atoms. The van der Waals surface area contributed by atoms with Crippen LogP contribution in [0.15, 0.2) is 29.4 Å². The van der Waals surface area contributed by atoms with E-state index in [1.807, 2.05) is 19.1 Å². The number of nitrogens with zero attached hydrogens (tertiary/aromatic N) is 1. The minimum Gasteiger partial charge on any atom is -0.273 e. The Kier molecular flexibility index (Phi) is 3.57. The van der Waals surface area contributed by atoms with Crippen molar-refractivity contribution in [2.45, 2.75) is 33.1 Å². The number of nitrogens with one attached hydrogen (secondary N) is 1. The third kappa shape index (κ3) is 3.16. The molecule has 0 heterocycles. The summed E-state index contributed by atoms with van der Waals surface area (Å²) in [6.45, 7) is 4.10. The van der Waals surface area contributed by atoms with Gasteiger partial charge in [-0.1, -0.05) is 36.8 Å². The number of carbonyl (C=O) groups excluding carboxylic acids is 1. The lowest BCUT2D eigenvalue weighted by Gasteiger charge is -2.05. The summed E-state index contributed by atoms with van der Waals surface area (Å²) in [7, 11) is 0. The maximum absolute atomic E-state index is 11.5. The first-order chi connectivity index (χ1) is 8.20. The maximum atomic E-state index is 11.5. The van der Waals surface area contributed by atoms with Crippen LogP contribution in [0.1, 0.15) is 37.3 Å². The lowest BCUT2D eigenvalue weighted by molar-refractivity contribution is -0.122. The predicted molar refractivity (Wildman–Crippen MR) is 68.9 cm³/mol. The molecule has 2 rings (SSSR count). The van der Waals surface area contributed by atoms with Crippen LogP contribution in [0.3, 0.4) is 0 Å². The SMILES string of the molecule is CCC(=NNC(=O)C1CC1)c1ccc(C)cc1. The normalized spacial score (nSPS) is 15.8. The van der Waals surface area contributed by atoms with Gasteiger partial charge in [0.15, 0.2) is 0 Å². The van der Waals surface area contributed by atoms with Crippen molar-refractivity contribution in [3.05, 3.63) is 35.4 Å². The number of rotatable bonds is 4. The molecule has 1 saturated carbocycles. The van der Waals surface area contributed by atoms with Gasteiger partial charge in [-0.3, -0.25) is 4.79 Å². The highest BCUT2D eigenvalue weighted by atomic mass is 16.2. The molecule has 17 heavy (non-hydrogen) atoms. The molecule has 0 aliphatic heterocycles. The zero-order chi connectivity index (χ0) is 12.3. The van der Waals surface area contributed by atoms with Crippen LogP contribution < -0.4 is 5.43 Å². The summed E-state index contributed by atoms with van der Waals surface area (Å²) in [4.78, 5) is 11.5. The molecular formula is C14H18N2O. The molecule has 0 radical (unpaired) electrons. The zero-order valence-corrected chi connectivity index (χ0v) is 10.4. The Hall–Kier alpha value is -1.64. The number of amides is 1. The molecule has 90 valence electrons. The second-order valence-electron chi connectivity index (χ2n) is 4.53. The Bertz CT molecular complexity index is 430. The largest absolute Gasteiger partial charge is 0.273 e. The van der Waals surface area contributed by atoms with E-state index >= 15 is 0 Å². The van der Waals surface area contributed by atoms with Crippen LogP contribution in [0.2, 0.25) is 0 Å². The average Bonchev–Trinajstić information content (AvgIpc) is 3.16. The van der Waals surface area contributed by atoms with Gasteiger partial charge in [0.2, 0.25) is 5.91 Å². The molecule has 1 fully saturated rings. The quantitative estimate of drug-likeness (QED) is 0.627. The lowest BCUT2D eigenvalue weighted by atomic mass is 10.1. The third-order valence-corrected chi connectivity index (χ3v) is 2.97. The van der Waals surface area contributed by atoms with E-state index in [2.05, 4.69) is 29.6 Å². The van der Waals surface area contributed by atoms with Crippen LogP contribution in [0.25, 0.3) is 0 Å². The maximum Gasteiger partial charge on any atom is 0.243 e. The molecule has 1 amide bonds. The first-order valence-electron chi connectivity index (χ1n) is 6.14. The molecule has 1 aromatic carbocycles. The fourth-order valence-corrected chi connectivity index (χ4v) is 1.65. The summed E-state index contributed by atoms with van der Waals surface area (Å²) in [5, 5.41) is 4.22. The van der Waals surface area contributed by atoms with Gasteiger partial charge in [-0.05, 0) is 31.7 Å². The van der Waals surface area contributed by atoms with Gasteiger partial charge in [-0.2, -0.15) is 5.10 Å². The van der Waals surface area contributed by atoms with E-state index in [0.717, 1.165) is 30.5 Å². The summed E-state index contributed by atoms with van der Waals surface area (Å²) in [5.41, 5.74) is 5.89. The summed E-state index contributed by atoms with van der Waals surface area (Å²) in [6.07, 6.45) is 2.83. The van der Waals surface area contributed by atoms with Gasteiger partial charge in [-0.15, -0.1) is 0 Å². The van der Waals surface area contributed by atoms with E-state index in [-0.39, 0.29) is 11.8 Å². The Morgan fingerprint density at radius 3 is 2.53 bits per heavy atom. The minimum absolute atomic E-state index is 0.0584. The molecule has 0 spiro atoms. The fraction of sp³-hybridized carbons (Fsp3) is 0.429. The van der Waals surface area contributed by atoms with Gasteiger partial charge in [0, 0.05) is 5.92 Å². The highest BCUT2D eigenvalue weighted by molar-refractivity contribution is 6.01. The van der Waals surface area contributed by atoms with E-state index in [1.54, 1.807) is 0 Å². The lowest BCUT2D eigenvalue weighted by Crippen LogP contribution is -2.21. The summed E-state index contributed by atoms with van der Waals surface area (Å²) >= 11 is 0. The molecule has 3 nitrogen and oxygen atoms in total. The van der Waals surface area contributed by atoms with Gasteiger partial charge in [-0.25, -0.2) is 5.43 Å². The van der Waals surface area contributed by atoms with Crippen molar-refractivity contribution < 1.29 is 4.79 Å². The molecule has 1 N–H and O–H groups in total. The zero-order valence-electron chi connectivity index (χ0n) is 10.4. The predicted octanol–water partition coefficient (Wildman–Crippen LogP) is 2.64. The fourth-order valence-electron chi connectivity index (χ4n) is 1.65. The molecule has 1 aliphatic carbocycles. The van der Waals surface area contributed by atoms with Crippen LogP contribution >= 0.6 is 0 Å². The highest BCUT2D eigenvalue weighted by Gasteiger charge is 2.29. The molecule has 1 aliphatic rings. The third-order valence-electron chi connectivity index (χ3n) is 2.97. The molecule has 0 atom stereocenters. The number of hydrazone groups is 1. The molecule has 3 heteroatoms. The van der Waals surface area contributed by atoms with Gasteiger partial charge < -0.3 is 0 Å². The molecular weight excluding hydrogens is 212 g/mol. The Morgan fingerprint density at radius 1 is 1.35 bits per heavy atom. The van der Waals surface area contributed by atoms with E-state index in [1.165, 1.54) is 5.56 Å². The number of hydrogen-bond acceptors (Lipinski definition) is 2. The van der Waals surface area contributed by atoms with E-state index in [9.17, 15) is 4.79 Å². The van der Waals surface area contributed by atoms with Gasteiger partial charge >= 0.3 is 0 Å². The van der Waals surface area contributed by atoms with Crippen molar-refractivity contribution in [2.75, 3.05) is 0 Å². The smallest absolute Gasteiger partial charge is 0.243 e. The first-order valence-corrected chi connectivity index (χ1v) is 6.14. The van der Waals surface area contributed by atoms with Crippen molar-refractivity contribution in [3.63, 3.8) is 0 Å². The van der Waals surface area contributed by atoms with Crippen LogP contribution in [0.4, 0.5) is 0 Å². The van der Waals surface area contributed by atoms with Crippen LogP contribution in [-0.4, -0.2) is 11.6 Å². The Morgan fingerprint density at radius 2 is 2.00 bits per heavy atom. The van der Waals surface area contributed by atoms with Gasteiger partial charge in [0.05, 0.1) is 5.71 Å². The summed E-state index contributed by atoms with van der Waals surface area (Å²) in [5.74, 6) is 0.262. The first kappa shape index (κ1) is 11.8. The number of aryl methyl sites for hydroxylation is 1. The monoisotopic (exact) mass is 230 g/mol. The highest BCUT2D eigenvalue weighted by Crippen LogP contribution is 2.28. The molecule has 0 unspecified atom stereocenters. The van der Waals surface area contributed by atoms with Gasteiger partial charge in [0.1, 0.15) is 0 Å². The summed E-state index contributed by atoms with van der Waals surface area (Å²) < 4.78 is 0. The second kappa shape index (κ2) is 5.13. The Labute approximate surface area is 102 Å². The van der Waals surface area contributed by atoms with Crippen molar-refractivity contribution in [1.82, 2.24) is 5.43 Å². The van der Waals surface area contributed by atoms with Crippen molar-refractivity contribution in [3.8, 4) is 0 Å². The van der Waals surface area contributed by atoms with Crippen molar-refractivity contribution >= 4 is 11.6 Å². The van der Waals surface area contributed by atoms with E-state index in [4.69, 9.17) is 0 Å². The molecule has 0 aromatic heterocycles.